The lowest BCUT2D eigenvalue weighted by Crippen LogP contribution is -2.28. The van der Waals surface area contributed by atoms with E-state index in [0.717, 1.165) is 12.3 Å². The molecule has 0 aliphatic heterocycles. The van der Waals surface area contributed by atoms with E-state index in [-0.39, 0.29) is 6.10 Å². The van der Waals surface area contributed by atoms with Crippen LogP contribution in [0.4, 0.5) is 0 Å². The Kier molecular flexibility index (Phi) is 5.94. The van der Waals surface area contributed by atoms with Crippen LogP contribution in [0.25, 0.3) is 0 Å². The fourth-order valence-corrected chi connectivity index (χ4v) is 2.68. The molecule has 14 heavy (non-hydrogen) atoms. The van der Waals surface area contributed by atoms with Crippen LogP contribution >= 0.6 is 23.1 Å². The average Bonchev–Trinajstić information content (AvgIpc) is 2.68. The predicted octanol–water partition coefficient (Wildman–Crippen LogP) is 1.98. The topological polar surface area (TPSA) is 32.3 Å². The Morgan fingerprint density at radius 1 is 1.71 bits per heavy atom. The van der Waals surface area contributed by atoms with Crippen LogP contribution in [0.3, 0.4) is 0 Å². The van der Waals surface area contributed by atoms with Crippen LogP contribution < -0.4 is 5.32 Å². The normalized spacial score (nSPS) is 12.6. The molecule has 0 amide bonds. The quantitative estimate of drug-likeness (QED) is 0.426. The number of hydrogen-bond acceptors (Lipinski definition) is 4. The summed E-state index contributed by atoms with van der Waals surface area (Å²) in [5, 5.41) is 14.7. The minimum absolute atomic E-state index is 0.290. The van der Waals surface area contributed by atoms with E-state index in [2.05, 4.69) is 18.0 Å². The molecule has 78 valence electrons. The summed E-state index contributed by atoms with van der Waals surface area (Å²) in [5.41, 5.74) is 0. The van der Waals surface area contributed by atoms with E-state index in [1.807, 2.05) is 11.4 Å². The van der Waals surface area contributed by atoms with E-state index >= 15 is 0 Å². The van der Waals surface area contributed by atoms with Gasteiger partial charge in [0.25, 0.3) is 0 Å². The first-order chi connectivity index (χ1) is 6.83. The fraction of sp³-hybridized carbons (Fsp3) is 0.400. The molecule has 4 heteroatoms. The van der Waals surface area contributed by atoms with Crippen LogP contribution in [0.15, 0.2) is 34.4 Å². The zero-order chi connectivity index (χ0) is 10.2. The number of rotatable bonds is 7. The van der Waals surface area contributed by atoms with Crippen molar-refractivity contribution < 1.29 is 5.11 Å². The third-order valence-corrected chi connectivity index (χ3v) is 3.86. The maximum atomic E-state index is 9.56. The average molecular weight is 229 g/mol. The summed E-state index contributed by atoms with van der Waals surface area (Å²) in [7, 11) is 0. The van der Waals surface area contributed by atoms with E-state index in [4.69, 9.17) is 0 Å². The van der Waals surface area contributed by atoms with Crippen LogP contribution in [0.2, 0.25) is 0 Å². The molecule has 1 heterocycles. The first-order valence-electron chi connectivity index (χ1n) is 4.49. The summed E-state index contributed by atoms with van der Waals surface area (Å²) < 4.78 is 1.26. The Balaban J connectivity index is 2.08. The smallest absolute Gasteiger partial charge is 0.0758 e. The third-order valence-electron chi connectivity index (χ3n) is 1.58. The minimum Gasteiger partial charge on any atom is -0.391 e. The first kappa shape index (κ1) is 11.8. The summed E-state index contributed by atoms with van der Waals surface area (Å²) in [6.45, 7) is 4.98. The molecule has 0 spiro atoms. The van der Waals surface area contributed by atoms with Gasteiger partial charge in [0.15, 0.2) is 0 Å². The second kappa shape index (κ2) is 7.06. The molecular weight excluding hydrogens is 214 g/mol. The number of thiophene rings is 1. The van der Waals surface area contributed by atoms with Gasteiger partial charge in [-0.2, -0.15) is 0 Å². The highest BCUT2D eigenvalue weighted by molar-refractivity contribution is 8.01. The van der Waals surface area contributed by atoms with E-state index < -0.39 is 0 Å². The summed E-state index contributed by atoms with van der Waals surface area (Å²) in [5.74, 6) is 0.741. The molecule has 0 radical (unpaired) electrons. The van der Waals surface area contributed by atoms with Gasteiger partial charge in [0.2, 0.25) is 0 Å². The summed E-state index contributed by atoms with van der Waals surface area (Å²) in [6.07, 6.45) is 1.50. The highest BCUT2D eigenvalue weighted by atomic mass is 32.2. The van der Waals surface area contributed by atoms with Crippen molar-refractivity contribution in [3.8, 4) is 0 Å². The van der Waals surface area contributed by atoms with Gasteiger partial charge in [-0.1, -0.05) is 12.1 Å². The number of nitrogens with one attached hydrogen (secondary N) is 1. The molecule has 2 nitrogen and oxygen atoms in total. The molecule has 0 aliphatic rings. The van der Waals surface area contributed by atoms with Crippen LogP contribution in [0.5, 0.6) is 0 Å². The van der Waals surface area contributed by atoms with Gasteiger partial charge >= 0.3 is 0 Å². The van der Waals surface area contributed by atoms with Gasteiger partial charge < -0.3 is 10.4 Å². The van der Waals surface area contributed by atoms with Crippen LogP contribution in [0, 0.1) is 0 Å². The highest BCUT2D eigenvalue weighted by Crippen LogP contribution is 2.23. The lowest BCUT2D eigenvalue weighted by molar-refractivity contribution is 0.197. The highest BCUT2D eigenvalue weighted by Gasteiger charge is 2.04. The maximum absolute atomic E-state index is 9.56. The molecule has 0 unspecified atom stereocenters. The third kappa shape index (κ3) is 4.81. The van der Waals surface area contributed by atoms with Gasteiger partial charge in [0.05, 0.1) is 10.3 Å². The molecule has 2 N–H and O–H groups in total. The van der Waals surface area contributed by atoms with Gasteiger partial charge in [-0.25, -0.2) is 0 Å². The lowest BCUT2D eigenvalue weighted by atomic mass is 10.4. The van der Waals surface area contributed by atoms with Gasteiger partial charge in [-0.05, 0) is 11.4 Å². The van der Waals surface area contributed by atoms with Gasteiger partial charge in [0, 0.05) is 18.8 Å². The number of hydrogen-bond donors (Lipinski definition) is 2. The minimum atomic E-state index is -0.290. The zero-order valence-corrected chi connectivity index (χ0v) is 9.61. The number of aliphatic hydroxyl groups excluding tert-OH is 1. The largest absolute Gasteiger partial charge is 0.391 e. The van der Waals surface area contributed by atoms with Crippen LogP contribution in [0.1, 0.15) is 0 Å². The predicted molar refractivity (Wildman–Crippen MR) is 64.1 cm³/mol. The van der Waals surface area contributed by atoms with Crippen molar-refractivity contribution >= 4 is 23.1 Å². The second-order valence-electron chi connectivity index (χ2n) is 2.84. The van der Waals surface area contributed by atoms with Crippen molar-refractivity contribution in [1.82, 2.24) is 5.32 Å². The molecule has 0 bridgehead atoms. The summed E-state index contributed by atoms with van der Waals surface area (Å²) in [6, 6.07) is 4.09. The van der Waals surface area contributed by atoms with E-state index in [1.165, 1.54) is 4.21 Å². The molecule has 1 aromatic rings. The Labute approximate surface area is 93.0 Å². The molecule has 1 rings (SSSR count). The Morgan fingerprint density at radius 3 is 3.21 bits per heavy atom. The lowest BCUT2D eigenvalue weighted by Gasteiger charge is -2.09. The van der Waals surface area contributed by atoms with E-state index in [1.54, 1.807) is 29.2 Å². The Hall–Kier alpha value is -0.290. The Bertz CT molecular complexity index is 249. The van der Waals surface area contributed by atoms with Gasteiger partial charge in [0.1, 0.15) is 0 Å². The fourth-order valence-electron chi connectivity index (χ4n) is 0.935. The van der Waals surface area contributed by atoms with Crippen molar-refractivity contribution in [2.45, 2.75) is 10.3 Å². The van der Waals surface area contributed by atoms with Crippen LogP contribution in [-0.2, 0) is 0 Å². The van der Waals surface area contributed by atoms with E-state index in [0.29, 0.717) is 6.54 Å². The second-order valence-corrected chi connectivity index (χ2v) is 5.11. The zero-order valence-electron chi connectivity index (χ0n) is 7.98. The molecule has 0 fully saturated rings. The maximum Gasteiger partial charge on any atom is 0.0758 e. The first-order valence-corrected chi connectivity index (χ1v) is 6.35. The summed E-state index contributed by atoms with van der Waals surface area (Å²) >= 11 is 3.40. The van der Waals surface area contributed by atoms with Crippen molar-refractivity contribution in [2.75, 3.05) is 18.8 Å². The van der Waals surface area contributed by atoms with Crippen LogP contribution in [-0.4, -0.2) is 30.1 Å². The SMILES string of the molecule is C=CCNC[C@@H](O)CSc1cccs1. The molecule has 1 aromatic heterocycles. The van der Waals surface area contributed by atoms with Crippen molar-refractivity contribution in [3.63, 3.8) is 0 Å². The molecule has 0 aliphatic carbocycles. The van der Waals surface area contributed by atoms with Gasteiger partial charge in [-0.3, -0.25) is 0 Å². The van der Waals surface area contributed by atoms with Crippen molar-refractivity contribution in [3.05, 3.63) is 30.2 Å². The summed E-state index contributed by atoms with van der Waals surface area (Å²) in [4.78, 5) is 0. The van der Waals surface area contributed by atoms with Gasteiger partial charge in [-0.15, -0.1) is 29.7 Å². The molecular formula is C10H15NOS2. The number of aliphatic hydroxyl groups is 1. The molecule has 1 atom stereocenters. The van der Waals surface area contributed by atoms with E-state index in [9.17, 15) is 5.11 Å². The van der Waals surface area contributed by atoms with Crippen molar-refractivity contribution in [2.24, 2.45) is 0 Å². The molecule has 0 saturated heterocycles. The molecule has 0 saturated carbocycles. The monoisotopic (exact) mass is 229 g/mol. The molecule has 0 aromatic carbocycles. The Morgan fingerprint density at radius 2 is 2.57 bits per heavy atom. The number of thioether (sulfide) groups is 1. The standard InChI is InChI=1S/C10H15NOS2/c1-2-5-11-7-9(12)8-14-10-4-3-6-13-10/h2-4,6,9,11-12H,1,5,7-8H2/t9-/m1/s1. The van der Waals surface area contributed by atoms with Crippen molar-refractivity contribution in [1.29, 1.82) is 0 Å².